The second-order valence-electron chi connectivity index (χ2n) is 5.42. The summed E-state index contributed by atoms with van der Waals surface area (Å²) in [4.78, 5) is 29.9. The van der Waals surface area contributed by atoms with Crippen LogP contribution in [0, 0.1) is 43.7 Å². The van der Waals surface area contributed by atoms with Gasteiger partial charge in [-0.3, -0.25) is 20.2 Å². The first-order chi connectivity index (χ1) is 15.0. The summed E-state index contributed by atoms with van der Waals surface area (Å²) in [5, 5.41) is 31.4. The van der Waals surface area contributed by atoms with Gasteiger partial charge in [-0.1, -0.05) is 11.8 Å². The van der Waals surface area contributed by atoms with Gasteiger partial charge in [-0.15, -0.1) is 0 Å². The molecule has 0 aromatic heterocycles. The number of carboxylic acid groups (broad SMARTS) is 1. The van der Waals surface area contributed by atoms with Gasteiger partial charge in [0, 0.05) is 24.3 Å². The predicted molar refractivity (Wildman–Crippen MR) is 110 cm³/mol. The van der Waals surface area contributed by atoms with Crippen LogP contribution in [0.3, 0.4) is 0 Å². The van der Waals surface area contributed by atoms with Crippen LogP contribution in [-0.2, 0) is 0 Å². The van der Waals surface area contributed by atoms with Crippen molar-refractivity contribution in [3.05, 3.63) is 66.2 Å². The number of nitrogens with zero attached hydrogens (tertiary/aromatic N) is 2. The van der Waals surface area contributed by atoms with E-state index < -0.39 is 33.3 Å². The number of hydrogen-bond acceptors (Lipinski definition) is 7. The van der Waals surface area contributed by atoms with Crippen LogP contribution in [0.15, 0.2) is 28.7 Å². The van der Waals surface area contributed by atoms with E-state index in [9.17, 15) is 33.8 Å². The van der Waals surface area contributed by atoms with Crippen LogP contribution in [0.2, 0.25) is 0 Å². The molecule has 0 aliphatic rings. The highest BCUT2D eigenvalue weighted by Crippen LogP contribution is 2.32. The predicted octanol–water partition coefficient (Wildman–Crippen LogP) is 3.87. The molecule has 0 aliphatic heterocycles. The third-order valence-electron chi connectivity index (χ3n) is 3.43. The summed E-state index contributed by atoms with van der Waals surface area (Å²) >= 11 is 2.84. The Labute approximate surface area is 187 Å². The molecule has 170 valence electrons. The minimum absolute atomic E-state index is 0.0417. The van der Waals surface area contributed by atoms with Crippen molar-refractivity contribution in [1.29, 1.82) is 0 Å². The van der Waals surface area contributed by atoms with Crippen LogP contribution >= 0.6 is 15.9 Å². The number of carbonyl (C=O) groups is 1. The standard InChI is InChI=1S/C11H9FN2O5.C7H5BrFNO3/c1-19-10-6-8(12)7(5-9(10)14(17)18)3-2-4-13-11(15)16;1-13-7-3-5(9)4(8)2-6(7)10(11)12/h5-6,13H,4H2,1H3,(H,15,16);2-3H,1H3. The lowest BCUT2D eigenvalue weighted by Crippen LogP contribution is -2.20. The van der Waals surface area contributed by atoms with Crippen molar-refractivity contribution in [3.63, 3.8) is 0 Å². The maximum absolute atomic E-state index is 13.5. The quantitative estimate of drug-likeness (QED) is 0.344. The number of ether oxygens (including phenoxy) is 2. The van der Waals surface area contributed by atoms with Crippen molar-refractivity contribution in [1.82, 2.24) is 5.32 Å². The third kappa shape index (κ3) is 7.36. The SMILES string of the molecule is COc1cc(F)c(Br)cc1[N+](=O)[O-].COc1cc(F)c(C#CCNC(=O)O)cc1[N+](=O)[O-]. The molecule has 0 bridgehead atoms. The number of nitrogens with one attached hydrogen (secondary N) is 1. The van der Waals surface area contributed by atoms with Gasteiger partial charge in [0.1, 0.15) is 11.6 Å². The molecule has 0 unspecified atom stereocenters. The minimum atomic E-state index is -1.27. The lowest BCUT2D eigenvalue weighted by molar-refractivity contribution is -0.386. The molecule has 2 rings (SSSR count). The molecule has 0 radical (unpaired) electrons. The van der Waals surface area contributed by atoms with Crippen LogP contribution in [-0.4, -0.2) is 41.8 Å². The summed E-state index contributed by atoms with van der Waals surface area (Å²) in [6.45, 7) is -0.214. The van der Waals surface area contributed by atoms with E-state index in [1.165, 1.54) is 14.2 Å². The zero-order chi connectivity index (χ0) is 24.4. The van der Waals surface area contributed by atoms with Crippen molar-refractivity contribution in [3.8, 4) is 23.3 Å². The van der Waals surface area contributed by atoms with E-state index in [4.69, 9.17) is 5.11 Å². The van der Waals surface area contributed by atoms with Gasteiger partial charge in [0.15, 0.2) is 11.5 Å². The van der Waals surface area contributed by atoms with Crippen LogP contribution in [0.25, 0.3) is 0 Å². The summed E-state index contributed by atoms with van der Waals surface area (Å²) in [5.41, 5.74) is -0.894. The van der Waals surface area contributed by atoms with Crippen molar-refractivity contribution in [2.75, 3.05) is 20.8 Å². The number of methoxy groups -OCH3 is 2. The Kier molecular flexibility index (Phi) is 9.77. The molecule has 0 fully saturated rings. The fourth-order valence-electron chi connectivity index (χ4n) is 2.03. The second-order valence-corrected chi connectivity index (χ2v) is 6.27. The molecule has 0 spiro atoms. The first-order valence-electron chi connectivity index (χ1n) is 8.16. The molecular weight excluding hydrogens is 504 g/mol. The first kappa shape index (κ1) is 26.0. The van der Waals surface area contributed by atoms with Gasteiger partial charge in [0.25, 0.3) is 0 Å². The Morgan fingerprint density at radius 1 is 1.06 bits per heavy atom. The van der Waals surface area contributed by atoms with Crippen molar-refractivity contribution in [2.24, 2.45) is 0 Å². The Balaban J connectivity index is 0.000000343. The molecule has 0 aliphatic carbocycles. The van der Waals surface area contributed by atoms with E-state index in [1.807, 2.05) is 5.32 Å². The summed E-state index contributed by atoms with van der Waals surface area (Å²) in [7, 11) is 2.43. The summed E-state index contributed by atoms with van der Waals surface area (Å²) in [6.07, 6.45) is -1.27. The molecule has 0 heterocycles. The van der Waals surface area contributed by atoms with E-state index in [1.54, 1.807) is 0 Å². The summed E-state index contributed by atoms with van der Waals surface area (Å²) in [5.74, 6) is 2.95. The smallest absolute Gasteiger partial charge is 0.405 e. The first-order valence-corrected chi connectivity index (χ1v) is 8.96. The maximum atomic E-state index is 13.5. The van der Waals surface area contributed by atoms with Crippen molar-refractivity contribution >= 4 is 33.4 Å². The van der Waals surface area contributed by atoms with Gasteiger partial charge in [0.2, 0.25) is 0 Å². The lowest BCUT2D eigenvalue weighted by Gasteiger charge is -2.02. The number of nitro groups is 2. The monoisotopic (exact) mass is 517 g/mol. The van der Waals surface area contributed by atoms with Crippen LogP contribution in [0.1, 0.15) is 5.56 Å². The van der Waals surface area contributed by atoms with Crippen molar-refractivity contribution in [2.45, 2.75) is 0 Å². The molecule has 2 aromatic rings. The third-order valence-corrected chi connectivity index (χ3v) is 4.04. The molecule has 0 saturated carbocycles. The fourth-order valence-corrected chi connectivity index (χ4v) is 2.36. The van der Waals surface area contributed by atoms with Gasteiger partial charge in [0.05, 0.1) is 40.6 Å². The highest BCUT2D eigenvalue weighted by Gasteiger charge is 2.19. The Bertz CT molecular complexity index is 1100. The Hall–Kier alpha value is -3.99. The fraction of sp³-hybridized carbons (Fsp3) is 0.167. The number of hydrogen-bond donors (Lipinski definition) is 2. The summed E-state index contributed by atoms with van der Waals surface area (Å²) in [6, 6.07) is 3.81. The molecule has 0 saturated heterocycles. The van der Waals surface area contributed by atoms with Crippen LogP contribution in [0.5, 0.6) is 11.5 Å². The van der Waals surface area contributed by atoms with E-state index in [0.717, 1.165) is 24.3 Å². The van der Waals surface area contributed by atoms with E-state index in [-0.39, 0.29) is 33.8 Å². The van der Waals surface area contributed by atoms with E-state index in [0.29, 0.717) is 0 Å². The van der Waals surface area contributed by atoms with Gasteiger partial charge < -0.3 is 19.9 Å². The number of benzene rings is 2. The normalized spacial score (nSPS) is 9.41. The van der Waals surface area contributed by atoms with E-state index >= 15 is 0 Å². The average molecular weight is 518 g/mol. The van der Waals surface area contributed by atoms with Gasteiger partial charge in [-0.25, -0.2) is 13.6 Å². The molecule has 11 nitrogen and oxygen atoms in total. The molecule has 2 N–H and O–H groups in total. The topological polar surface area (TPSA) is 154 Å². The average Bonchev–Trinajstić information content (AvgIpc) is 2.73. The second kappa shape index (κ2) is 12.0. The number of amides is 1. The Morgan fingerprint density at radius 2 is 1.56 bits per heavy atom. The van der Waals surface area contributed by atoms with Gasteiger partial charge in [-0.2, -0.15) is 0 Å². The zero-order valence-corrected chi connectivity index (χ0v) is 17.9. The zero-order valence-electron chi connectivity index (χ0n) is 16.3. The number of nitro benzene ring substituents is 2. The maximum Gasteiger partial charge on any atom is 0.405 e. The largest absolute Gasteiger partial charge is 0.490 e. The number of rotatable bonds is 5. The molecule has 14 heteroatoms. The van der Waals surface area contributed by atoms with Crippen LogP contribution in [0.4, 0.5) is 25.0 Å². The minimum Gasteiger partial charge on any atom is -0.490 e. The molecule has 1 amide bonds. The molecule has 2 aromatic carbocycles. The summed E-state index contributed by atoms with van der Waals surface area (Å²) < 4.78 is 35.7. The van der Waals surface area contributed by atoms with Crippen molar-refractivity contribution < 1.29 is 38.0 Å². The highest BCUT2D eigenvalue weighted by molar-refractivity contribution is 9.10. The highest BCUT2D eigenvalue weighted by atomic mass is 79.9. The van der Waals surface area contributed by atoms with Gasteiger partial charge >= 0.3 is 17.5 Å². The van der Waals surface area contributed by atoms with Crippen LogP contribution < -0.4 is 14.8 Å². The van der Waals surface area contributed by atoms with Gasteiger partial charge in [-0.05, 0) is 15.9 Å². The molecule has 0 atom stereocenters. The lowest BCUT2D eigenvalue weighted by atomic mass is 10.1. The Morgan fingerprint density at radius 3 is 2.03 bits per heavy atom. The number of halogens is 3. The molecule has 32 heavy (non-hydrogen) atoms. The van der Waals surface area contributed by atoms with E-state index in [2.05, 4.69) is 37.2 Å². The molecular formula is C18H14BrF2N3O8.